The molecular weight excluding hydrogens is 530 g/mol. The average Bonchev–Trinajstić information content (AvgIpc) is 3.03. The van der Waals surface area contributed by atoms with Crippen LogP contribution in [0.5, 0.6) is 0 Å². The molecule has 2 aromatic rings. The zero-order chi connectivity index (χ0) is 29.8. The first kappa shape index (κ1) is 32.4. The van der Waals surface area contributed by atoms with E-state index in [0.717, 1.165) is 89.3 Å². The molecular formula is C36H49N7. The van der Waals surface area contributed by atoms with E-state index in [-0.39, 0.29) is 6.04 Å². The fourth-order valence-corrected chi connectivity index (χ4v) is 5.05. The quantitative estimate of drug-likeness (QED) is 0.407. The second-order valence-corrected chi connectivity index (χ2v) is 11.3. The molecule has 7 heteroatoms. The molecule has 0 saturated carbocycles. The van der Waals surface area contributed by atoms with Crippen LogP contribution in [0.3, 0.4) is 0 Å². The average molecular weight is 580 g/mol. The number of benzene rings is 2. The van der Waals surface area contributed by atoms with Crippen LogP contribution in [0, 0.1) is 11.8 Å². The van der Waals surface area contributed by atoms with E-state index < -0.39 is 0 Å². The minimum Gasteiger partial charge on any atom is -0.313 e. The number of rotatable bonds is 7. The van der Waals surface area contributed by atoms with Crippen LogP contribution in [-0.2, 0) is 6.54 Å². The maximum atomic E-state index is 5.04. The molecule has 5 aliphatic rings. The van der Waals surface area contributed by atoms with Gasteiger partial charge in [-0.3, -0.25) is 20.0 Å². The third-order valence-electron chi connectivity index (χ3n) is 7.65. The highest BCUT2D eigenvalue weighted by atomic mass is 14.9. The fraction of sp³-hybridized carbons (Fsp3) is 0.444. The molecule has 43 heavy (non-hydrogen) atoms. The van der Waals surface area contributed by atoms with E-state index in [0.29, 0.717) is 11.8 Å². The summed E-state index contributed by atoms with van der Waals surface area (Å²) in [5.74, 6) is 0.725. The lowest BCUT2D eigenvalue weighted by Crippen LogP contribution is -2.28. The Labute approximate surface area is 258 Å². The predicted octanol–water partition coefficient (Wildman–Crippen LogP) is 4.94. The summed E-state index contributed by atoms with van der Waals surface area (Å²) in [6, 6.07) is 19.2. The summed E-state index contributed by atoms with van der Waals surface area (Å²) in [5.41, 5.74) is 4.73. The molecule has 0 amide bonds. The van der Waals surface area contributed by atoms with Crippen molar-refractivity contribution < 1.29 is 0 Å². The number of nitrogens with zero attached hydrogens (tertiary/aromatic N) is 4. The van der Waals surface area contributed by atoms with Crippen LogP contribution in [0.1, 0.15) is 42.9 Å². The predicted molar refractivity (Wildman–Crippen MR) is 185 cm³/mol. The number of aliphatic imine (C=N–C) groups is 4. The Bertz CT molecular complexity index is 1230. The zero-order valence-corrected chi connectivity index (χ0v) is 25.7. The summed E-state index contributed by atoms with van der Waals surface area (Å²) in [6.45, 7) is 9.87. The van der Waals surface area contributed by atoms with Crippen LogP contribution in [0.2, 0.25) is 0 Å². The maximum absolute atomic E-state index is 5.04. The summed E-state index contributed by atoms with van der Waals surface area (Å²) >= 11 is 0. The van der Waals surface area contributed by atoms with Gasteiger partial charge in [0.1, 0.15) is 0 Å². The Balaban J connectivity index is 1.31. The summed E-state index contributed by atoms with van der Waals surface area (Å²) < 4.78 is 0. The molecule has 1 aliphatic carbocycles. The van der Waals surface area contributed by atoms with Gasteiger partial charge in [0.05, 0.1) is 25.7 Å². The van der Waals surface area contributed by atoms with Crippen LogP contribution in [0.15, 0.2) is 98.4 Å². The van der Waals surface area contributed by atoms with Crippen LogP contribution >= 0.6 is 0 Å². The van der Waals surface area contributed by atoms with Crippen molar-refractivity contribution in [1.82, 2.24) is 16.0 Å². The monoisotopic (exact) mass is 579 g/mol. The van der Waals surface area contributed by atoms with Gasteiger partial charge in [0, 0.05) is 63.5 Å². The summed E-state index contributed by atoms with van der Waals surface area (Å²) in [4.78, 5) is 18.9. The van der Waals surface area contributed by atoms with Gasteiger partial charge in [0.2, 0.25) is 0 Å². The second kappa shape index (κ2) is 19.6. The molecule has 0 spiro atoms. The van der Waals surface area contributed by atoms with Crippen molar-refractivity contribution in [3.63, 3.8) is 0 Å². The van der Waals surface area contributed by atoms with E-state index >= 15 is 0 Å². The molecule has 0 aromatic heterocycles. The van der Waals surface area contributed by atoms with Crippen molar-refractivity contribution in [2.24, 2.45) is 31.8 Å². The van der Waals surface area contributed by atoms with Crippen molar-refractivity contribution in [3.8, 4) is 0 Å². The van der Waals surface area contributed by atoms with E-state index in [9.17, 15) is 0 Å². The Morgan fingerprint density at radius 2 is 1.49 bits per heavy atom. The third-order valence-corrected chi connectivity index (χ3v) is 7.65. The lowest BCUT2D eigenvalue weighted by Gasteiger charge is -2.19. The first-order valence-corrected chi connectivity index (χ1v) is 16.0. The van der Waals surface area contributed by atoms with Gasteiger partial charge in [-0.1, -0.05) is 86.2 Å². The highest BCUT2D eigenvalue weighted by molar-refractivity contribution is 5.84. The molecule has 228 valence electrons. The molecule has 3 atom stereocenters. The second-order valence-electron chi connectivity index (χ2n) is 11.3. The van der Waals surface area contributed by atoms with Gasteiger partial charge >= 0.3 is 0 Å². The van der Waals surface area contributed by atoms with Crippen molar-refractivity contribution in [1.29, 1.82) is 0 Å². The number of allylic oxidation sites excluding steroid dienone is 4. The lowest BCUT2D eigenvalue weighted by atomic mass is 9.88. The first-order valence-electron chi connectivity index (χ1n) is 16.0. The van der Waals surface area contributed by atoms with Crippen LogP contribution in [0.25, 0.3) is 0 Å². The summed E-state index contributed by atoms with van der Waals surface area (Å²) in [5, 5.41) is 10.6. The minimum absolute atomic E-state index is 0.238. The lowest BCUT2D eigenvalue weighted by molar-refractivity contribution is 0.513. The van der Waals surface area contributed by atoms with Crippen molar-refractivity contribution in [3.05, 3.63) is 95.1 Å². The van der Waals surface area contributed by atoms with Crippen molar-refractivity contribution >= 4 is 24.9 Å². The largest absolute Gasteiger partial charge is 0.313 e. The molecule has 7 rings (SSSR count). The van der Waals surface area contributed by atoms with Crippen LogP contribution < -0.4 is 16.0 Å². The Morgan fingerprint density at radius 3 is 2.21 bits per heavy atom. The number of hydrogen-bond donors (Lipinski definition) is 3. The van der Waals surface area contributed by atoms with E-state index in [2.05, 4.69) is 123 Å². The molecule has 4 bridgehead atoms. The number of unbranched alkanes of at least 4 members (excludes halogenated alkanes) is 1. The number of nitrogens with one attached hydrogen (secondary N) is 3. The number of hydrogen-bond acceptors (Lipinski definition) is 7. The molecule has 4 aliphatic heterocycles. The minimum atomic E-state index is 0.238. The van der Waals surface area contributed by atoms with Gasteiger partial charge in [0.25, 0.3) is 0 Å². The van der Waals surface area contributed by atoms with Gasteiger partial charge in [-0.05, 0) is 47.6 Å². The SMILES string of the molecule is CC1C=C2C=CC1/C=N/CCNCC/N=C/c1ccc(cc1)/C=N/CCNCC(CCCCNCc1ccccc1)/N=C/2. The Morgan fingerprint density at radius 1 is 0.791 bits per heavy atom. The highest BCUT2D eigenvalue weighted by Crippen LogP contribution is 2.21. The maximum Gasteiger partial charge on any atom is 0.0624 e. The Hall–Kier alpha value is -3.52. The van der Waals surface area contributed by atoms with Gasteiger partial charge in [-0.25, -0.2) is 0 Å². The van der Waals surface area contributed by atoms with Gasteiger partial charge in [-0.2, -0.15) is 0 Å². The van der Waals surface area contributed by atoms with E-state index in [1.54, 1.807) is 0 Å². The first-order chi connectivity index (χ1) is 21.3. The summed E-state index contributed by atoms with van der Waals surface area (Å²) in [6.07, 6.45) is 18.2. The topological polar surface area (TPSA) is 85.5 Å². The van der Waals surface area contributed by atoms with Crippen molar-refractivity contribution in [2.45, 2.75) is 38.8 Å². The van der Waals surface area contributed by atoms with E-state index in [1.165, 1.54) is 11.1 Å². The molecule has 4 heterocycles. The Kier molecular flexibility index (Phi) is 14.8. The standard InChI is InChI=1S/C36H49N7/c1-30-23-34-14-15-35(30)28-41-20-18-37-17-19-39-25-32-10-12-33(13-11-32)26-40-21-22-42-29-36(43-27-34)9-5-6-16-38-24-31-7-3-2-4-8-31/h2-4,7-8,10-15,23,25-28,30,35-38,42H,5-6,9,16-22,24,29H2,1H3/b39-25+,40-26+,41-28+,43-27+. The van der Waals surface area contributed by atoms with E-state index in [4.69, 9.17) is 4.99 Å². The smallest absolute Gasteiger partial charge is 0.0624 e. The van der Waals surface area contributed by atoms with Crippen molar-refractivity contribution in [2.75, 3.05) is 52.4 Å². The van der Waals surface area contributed by atoms with Gasteiger partial charge in [0.15, 0.2) is 0 Å². The zero-order valence-electron chi connectivity index (χ0n) is 25.7. The molecule has 3 N–H and O–H groups in total. The highest BCUT2D eigenvalue weighted by Gasteiger charge is 2.14. The molecule has 2 aromatic carbocycles. The molecule has 3 unspecified atom stereocenters. The van der Waals surface area contributed by atoms with Crippen LogP contribution in [-0.4, -0.2) is 83.3 Å². The fourth-order valence-electron chi connectivity index (χ4n) is 5.05. The van der Waals surface area contributed by atoms with Crippen LogP contribution in [0.4, 0.5) is 0 Å². The molecule has 0 fully saturated rings. The normalized spacial score (nSPS) is 25.1. The van der Waals surface area contributed by atoms with Gasteiger partial charge < -0.3 is 16.0 Å². The summed E-state index contributed by atoms with van der Waals surface area (Å²) in [7, 11) is 0. The van der Waals surface area contributed by atoms with E-state index in [1.807, 2.05) is 12.4 Å². The molecule has 7 nitrogen and oxygen atoms in total. The third kappa shape index (κ3) is 13.1. The molecule has 0 radical (unpaired) electrons. The van der Waals surface area contributed by atoms with Gasteiger partial charge in [-0.15, -0.1) is 0 Å². The molecule has 0 saturated heterocycles.